The van der Waals surface area contributed by atoms with Crippen LogP contribution in [0.3, 0.4) is 0 Å². The highest BCUT2D eigenvalue weighted by molar-refractivity contribution is 6.17. The third-order valence-corrected chi connectivity index (χ3v) is 4.82. The summed E-state index contributed by atoms with van der Waals surface area (Å²) in [6.07, 6.45) is 15.1. The summed E-state index contributed by atoms with van der Waals surface area (Å²) in [5, 5.41) is 0. The molecule has 304 valence electrons. The highest BCUT2D eigenvalue weighted by atomic mass is 35.5. The Balaban J connectivity index is -0.000000116. The third kappa shape index (κ3) is 104. The van der Waals surface area contributed by atoms with Crippen molar-refractivity contribution in [2.75, 3.05) is 45.0 Å². The summed E-state index contributed by atoms with van der Waals surface area (Å²) in [4.78, 5) is 0. The first-order valence-corrected chi connectivity index (χ1v) is 19.3. The van der Waals surface area contributed by atoms with E-state index in [1.54, 1.807) is 0 Å². The predicted molar refractivity (Wildman–Crippen MR) is 223 cm³/mol. The molecule has 0 radical (unpaired) electrons. The number of ether oxygens (including phenoxy) is 6. The van der Waals surface area contributed by atoms with Crippen molar-refractivity contribution in [2.24, 2.45) is 0 Å². The lowest BCUT2D eigenvalue weighted by molar-refractivity contribution is -0.00428. The molecule has 0 saturated carbocycles. The van der Waals surface area contributed by atoms with E-state index in [2.05, 4.69) is 67.2 Å². The molecule has 0 aromatic carbocycles. The molecule has 0 N–H and O–H groups in total. The first-order valence-electron chi connectivity index (χ1n) is 18.2. The van der Waals surface area contributed by atoms with Crippen LogP contribution >= 0.6 is 23.2 Å². The molecule has 0 rings (SSSR count). The van der Waals surface area contributed by atoms with Crippen LogP contribution in [-0.2, 0) is 28.4 Å². The third-order valence-electron chi connectivity index (χ3n) is 4.44. The van der Waals surface area contributed by atoms with Crippen LogP contribution in [0.25, 0.3) is 0 Å². The fourth-order valence-corrected chi connectivity index (χ4v) is 2.64. The van der Waals surface area contributed by atoms with Gasteiger partial charge in [-0.1, -0.05) is 37.8 Å². The number of halogens is 2. The van der Waals surface area contributed by atoms with Crippen LogP contribution < -0.4 is 0 Å². The molecule has 50 heavy (non-hydrogen) atoms. The number of terminal acetylenes is 2. The zero-order valence-electron chi connectivity index (χ0n) is 36.8. The Kier molecular flexibility index (Phi) is 43.6. The first-order chi connectivity index (χ1) is 22.4. The summed E-state index contributed by atoms with van der Waals surface area (Å²) < 4.78 is 31.7. The largest absolute Gasteiger partial charge is 0.376 e. The van der Waals surface area contributed by atoms with Gasteiger partial charge in [-0.25, -0.2) is 0 Å². The van der Waals surface area contributed by atoms with Gasteiger partial charge in [-0.2, -0.15) is 0 Å². The Labute approximate surface area is 324 Å². The molecule has 0 amide bonds. The van der Waals surface area contributed by atoms with Crippen molar-refractivity contribution in [3.05, 3.63) is 0 Å². The van der Waals surface area contributed by atoms with Crippen LogP contribution in [0.4, 0.5) is 0 Å². The summed E-state index contributed by atoms with van der Waals surface area (Å²) in [7, 11) is 0. The summed E-state index contributed by atoms with van der Waals surface area (Å²) in [5.74, 6) is 5.61. The Hall–Kier alpha value is -0.540. The van der Waals surface area contributed by atoms with Crippen molar-refractivity contribution in [3.63, 3.8) is 0 Å². The molecule has 0 unspecified atom stereocenters. The maximum Gasteiger partial charge on any atom is 0.121 e. The van der Waals surface area contributed by atoms with E-state index in [4.69, 9.17) is 64.5 Å². The van der Waals surface area contributed by atoms with Gasteiger partial charge in [0.15, 0.2) is 0 Å². The van der Waals surface area contributed by atoms with Gasteiger partial charge in [0.05, 0.1) is 40.2 Å². The molecule has 0 aliphatic heterocycles. The van der Waals surface area contributed by atoms with E-state index in [-0.39, 0.29) is 39.7 Å². The minimum Gasteiger partial charge on any atom is -0.376 e. The molecule has 0 bridgehead atoms. The molecular formula is C42H86Cl2O6. The zero-order valence-corrected chi connectivity index (χ0v) is 38.4. The monoisotopic (exact) mass is 757 g/mol. The Morgan fingerprint density at radius 3 is 0.960 bits per heavy atom. The molecular weight excluding hydrogens is 671 g/mol. The summed E-state index contributed by atoms with van der Waals surface area (Å²) >= 11 is 10.7. The van der Waals surface area contributed by atoms with E-state index in [0.717, 1.165) is 32.7 Å². The van der Waals surface area contributed by atoms with Crippen molar-refractivity contribution >= 4 is 23.2 Å². The van der Waals surface area contributed by atoms with Crippen molar-refractivity contribution in [2.45, 2.75) is 204 Å². The van der Waals surface area contributed by atoms with E-state index >= 15 is 0 Å². The van der Waals surface area contributed by atoms with Gasteiger partial charge < -0.3 is 28.4 Å². The molecule has 0 saturated heterocycles. The fourth-order valence-electron chi connectivity index (χ4n) is 2.20. The Morgan fingerprint density at radius 2 is 0.760 bits per heavy atom. The average molecular weight is 758 g/mol. The Morgan fingerprint density at radius 1 is 0.420 bits per heavy atom. The maximum absolute atomic E-state index is 5.47. The lowest BCUT2D eigenvalue weighted by Gasteiger charge is -2.18. The summed E-state index contributed by atoms with van der Waals surface area (Å²) in [5.41, 5.74) is -0.123. The summed E-state index contributed by atoms with van der Waals surface area (Å²) in [6.45, 7) is 44.4. The fraction of sp³-hybridized carbons (Fsp3) is 0.905. The molecule has 6 nitrogen and oxygen atoms in total. The van der Waals surface area contributed by atoms with E-state index < -0.39 is 0 Å². The molecule has 0 atom stereocenters. The molecule has 0 aromatic heterocycles. The van der Waals surface area contributed by atoms with E-state index in [1.807, 2.05) is 83.1 Å². The predicted octanol–water partition coefficient (Wildman–Crippen LogP) is 12.5. The molecule has 0 aliphatic rings. The SMILES string of the molecule is C#CCCOC(C)(C)C.C#CCOC(C)(C)C.CC(C)(C)OCCCCl.CC(C)(C)OCCl.CCCCOC(C)(C)C.CCCOC(C)(C)C. The van der Waals surface area contributed by atoms with Crippen LogP contribution in [0.5, 0.6) is 0 Å². The number of unbranched alkanes of at least 4 members (excludes halogenated alkanes) is 1. The number of hydrogen-bond acceptors (Lipinski definition) is 6. The Bertz CT molecular complexity index is 740. The average Bonchev–Trinajstić information content (AvgIpc) is 2.90. The van der Waals surface area contributed by atoms with Crippen LogP contribution in [0, 0.1) is 24.7 Å². The molecule has 0 fully saturated rings. The number of rotatable bonds is 12. The maximum atomic E-state index is 5.47. The van der Waals surface area contributed by atoms with Crippen molar-refractivity contribution in [3.8, 4) is 24.7 Å². The highest BCUT2D eigenvalue weighted by Crippen LogP contribution is 2.09. The van der Waals surface area contributed by atoms with Crippen molar-refractivity contribution in [1.29, 1.82) is 0 Å². The topological polar surface area (TPSA) is 55.4 Å². The molecule has 0 heterocycles. The van der Waals surface area contributed by atoms with Gasteiger partial charge in [0.25, 0.3) is 0 Å². The molecule has 0 aromatic rings. The van der Waals surface area contributed by atoms with Gasteiger partial charge in [-0.05, 0) is 144 Å². The number of hydrogen-bond donors (Lipinski definition) is 0. The number of alkyl halides is 2. The lowest BCUT2D eigenvalue weighted by Crippen LogP contribution is -2.19. The zero-order chi connectivity index (χ0) is 41.1. The normalized spacial score (nSPS) is 11.6. The van der Waals surface area contributed by atoms with Crippen molar-refractivity contribution in [1.82, 2.24) is 0 Å². The second-order valence-electron chi connectivity index (χ2n) is 17.2. The highest BCUT2D eigenvalue weighted by Gasteiger charge is 2.10. The van der Waals surface area contributed by atoms with Gasteiger partial charge in [-0.3, -0.25) is 0 Å². The molecule has 8 heteroatoms. The second-order valence-corrected chi connectivity index (χ2v) is 17.8. The van der Waals surface area contributed by atoms with Crippen LogP contribution in [0.15, 0.2) is 0 Å². The van der Waals surface area contributed by atoms with Crippen LogP contribution in [0.1, 0.15) is 171 Å². The van der Waals surface area contributed by atoms with Gasteiger partial charge in [0, 0.05) is 32.1 Å². The van der Waals surface area contributed by atoms with Crippen LogP contribution in [0.2, 0.25) is 0 Å². The molecule has 0 spiro atoms. The van der Waals surface area contributed by atoms with E-state index in [0.29, 0.717) is 25.5 Å². The minimum atomic E-state index is -0.0909. The second kappa shape index (κ2) is 35.5. The van der Waals surface area contributed by atoms with E-state index in [9.17, 15) is 0 Å². The van der Waals surface area contributed by atoms with Crippen LogP contribution in [-0.4, -0.2) is 78.6 Å². The first kappa shape index (κ1) is 61.5. The van der Waals surface area contributed by atoms with Gasteiger partial charge in [0.2, 0.25) is 0 Å². The van der Waals surface area contributed by atoms with Gasteiger partial charge in [0.1, 0.15) is 12.7 Å². The molecule has 0 aliphatic carbocycles. The standard InChI is InChI=1S/C8H18O.C8H14O.C7H15ClO.C7H16O.C7H12O.C5H11ClO/c2*1-5-6-7-9-8(2,3)4;1-7(2,3)9-6-4-5-8;2*1-5-6-8-7(2,3)4;1-5(2,3)7-4-6/h5-7H2,1-4H3;1H,6-7H2,2-4H3;4-6H2,1-3H3;5-6H2,1-4H3;1H,6H2,2-4H3;4H2,1-3H3. The summed E-state index contributed by atoms with van der Waals surface area (Å²) in [6, 6.07) is 0.281. The lowest BCUT2D eigenvalue weighted by atomic mass is 10.2. The van der Waals surface area contributed by atoms with Gasteiger partial charge in [-0.15, -0.1) is 30.4 Å². The van der Waals surface area contributed by atoms with E-state index in [1.165, 1.54) is 12.8 Å². The minimum absolute atomic E-state index is 0.00788. The van der Waals surface area contributed by atoms with Gasteiger partial charge >= 0.3 is 0 Å². The quantitative estimate of drug-likeness (QED) is 0.112. The smallest absolute Gasteiger partial charge is 0.121 e. The van der Waals surface area contributed by atoms with Crippen molar-refractivity contribution < 1.29 is 28.4 Å².